The molecule has 0 aromatic heterocycles. The van der Waals surface area contributed by atoms with E-state index in [9.17, 15) is 38.4 Å². The lowest BCUT2D eigenvalue weighted by atomic mass is 10.2. The Kier molecular flexibility index (Phi) is 42.9. The molecule has 2 N–H and O–H groups in total. The molecule has 0 aliphatic heterocycles. The van der Waals surface area contributed by atoms with Crippen LogP contribution in [-0.4, -0.2) is 114 Å². The Labute approximate surface area is 335 Å². The van der Waals surface area contributed by atoms with Crippen LogP contribution < -0.4 is 0 Å². The fraction of sp³-hybridized carbons (Fsp3) is 0.750. The van der Waals surface area contributed by atoms with Crippen molar-refractivity contribution in [1.29, 1.82) is 0 Å². The fourth-order valence-corrected chi connectivity index (χ4v) is 3.81. The van der Waals surface area contributed by atoms with Crippen LogP contribution in [0.1, 0.15) is 103 Å². The number of ether oxygens (including phenoxy) is 6. The van der Waals surface area contributed by atoms with E-state index in [-0.39, 0.29) is 76.2 Å². The topological polar surface area (TPSA) is 249 Å². The number of carbonyl (C=O) groups excluding carboxylic acids is 6. The average molecular weight is 881 g/mol. The first kappa shape index (κ1) is 55.7. The molecule has 0 bridgehead atoms. The van der Waals surface area contributed by atoms with Crippen LogP contribution >= 0.6 is 44.6 Å². The van der Waals surface area contributed by atoms with Crippen LogP contribution in [0.25, 0.3) is 0 Å². The van der Waals surface area contributed by atoms with Gasteiger partial charge in [-0.15, -0.1) is 0 Å². The number of carbonyl (C=O) groups is 8. The summed E-state index contributed by atoms with van der Waals surface area (Å²) in [6, 6.07) is 0. The minimum absolute atomic E-state index is 0.0960. The molecule has 0 aromatic rings. The first-order valence-electron chi connectivity index (χ1n) is 16.9. The van der Waals surface area contributed by atoms with Crippen LogP contribution in [0, 0.1) is 0 Å². The molecule has 54 heavy (non-hydrogen) atoms. The predicted molar refractivity (Wildman–Crippen MR) is 196 cm³/mol. The largest absolute Gasteiger partial charge is 0.481 e. The first-order chi connectivity index (χ1) is 25.6. The molecule has 0 rings (SSSR count). The van der Waals surface area contributed by atoms with E-state index < -0.39 is 45.0 Å². The summed E-state index contributed by atoms with van der Waals surface area (Å²) in [4.78, 5) is 86.9. The van der Waals surface area contributed by atoms with Gasteiger partial charge in [-0.05, 0) is 100 Å². The van der Waals surface area contributed by atoms with Crippen molar-refractivity contribution in [1.82, 2.24) is 0 Å². The summed E-state index contributed by atoms with van der Waals surface area (Å²) in [5.74, 6) is -4.02. The summed E-state index contributed by atoms with van der Waals surface area (Å²) < 4.78 is 38.4. The van der Waals surface area contributed by atoms with Gasteiger partial charge in [-0.3, -0.25) is 19.2 Å². The Hall–Kier alpha value is -2.61. The molecule has 0 fully saturated rings. The molecule has 0 amide bonds. The van der Waals surface area contributed by atoms with Gasteiger partial charge in [-0.25, -0.2) is 23.4 Å². The third-order valence-corrected chi connectivity index (χ3v) is 6.42. The molecule has 0 atom stereocenters. The molecule has 0 spiro atoms. The Morgan fingerprint density at radius 2 is 0.630 bits per heavy atom. The van der Waals surface area contributed by atoms with Gasteiger partial charge < -0.3 is 38.6 Å². The number of carboxylic acids is 2. The van der Waals surface area contributed by atoms with E-state index in [0.29, 0.717) is 77.0 Å². The van der Waals surface area contributed by atoms with Crippen LogP contribution in [0.15, 0.2) is 0 Å². The van der Waals surface area contributed by atoms with Crippen LogP contribution in [0.4, 0.5) is 0 Å². The van der Waals surface area contributed by atoms with E-state index in [1.165, 1.54) is 0 Å². The summed E-state index contributed by atoms with van der Waals surface area (Å²) in [5.41, 5.74) is 0. The molecule has 0 saturated heterocycles. The zero-order valence-electron chi connectivity index (χ0n) is 29.9. The van der Waals surface area contributed by atoms with E-state index in [1.54, 1.807) is 0 Å². The minimum atomic E-state index is -1.67. The van der Waals surface area contributed by atoms with Gasteiger partial charge in [0, 0.05) is 47.0 Å². The maximum atomic E-state index is 11.3. The SMILES string of the molecule is O=C(Cl)CCCCCOC(=O)COCC(=O)OCCCCCC(=O)Cl.O=C(O)CCCCCOC(=O)COCC(=O)OCCCCCC(=O)O.O=S(Cl)Cl. The van der Waals surface area contributed by atoms with Crippen molar-refractivity contribution in [2.75, 3.05) is 52.9 Å². The van der Waals surface area contributed by atoms with Crippen LogP contribution in [0.5, 0.6) is 0 Å². The van der Waals surface area contributed by atoms with Gasteiger partial charge in [0.1, 0.15) is 26.4 Å². The van der Waals surface area contributed by atoms with Gasteiger partial charge in [-0.2, -0.15) is 0 Å². The lowest BCUT2D eigenvalue weighted by molar-refractivity contribution is -0.157. The molecule has 0 aliphatic carbocycles. The lowest BCUT2D eigenvalue weighted by Gasteiger charge is -2.06. The van der Waals surface area contributed by atoms with Gasteiger partial charge in [0.25, 0.3) is 0 Å². The first-order valence-corrected chi connectivity index (χ1v) is 20.4. The highest BCUT2D eigenvalue weighted by Crippen LogP contribution is 2.05. The monoisotopic (exact) mass is 878 g/mol. The van der Waals surface area contributed by atoms with Crippen molar-refractivity contribution in [2.24, 2.45) is 0 Å². The minimum Gasteiger partial charge on any atom is -0.481 e. The second-order valence-corrected chi connectivity index (χ2v) is 14.2. The highest BCUT2D eigenvalue weighted by molar-refractivity contribution is 8.26. The highest BCUT2D eigenvalue weighted by atomic mass is 36.0. The molecular weight excluding hydrogens is 830 g/mol. The van der Waals surface area contributed by atoms with E-state index in [4.69, 9.17) is 66.0 Å². The molecule has 0 aromatic carbocycles. The van der Waals surface area contributed by atoms with Crippen LogP contribution in [0.3, 0.4) is 0 Å². The maximum Gasteiger partial charge on any atom is 0.332 e. The molecule has 314 valence electrons. The Balaban J connectivity index is -0.000000875. The van der Waals surface area contributed by atoms with E-state index in [0.717, 1.165) is 12.8 Å². The van der Waals surface area contributed by atoms with Gasteiger partial charge in [0.15, 0.2) is 0 Å². The van der Waals surface area contributed by atoms with Crippen LogP contribution in [-0.2, 0) is 76.0 Å². The van der Waals surface area contributed by atoms with Crippen molar-refractivity contribution in [3.05, 3.63) is 0 Å². The third kappa shape index (κ3) is 56.1. The van der Waals surface area contributed by atoms with E-state index >= 15 is 0 Å². The number of hydrogen-bond donors (Lipinski definition) is 2. The predicted octanol–water partition coefficient (Wildman–Crippen LogP) is 5.16. The number of aliphatic carboxylic acids is 2. The smallest absolute Gasteiger partial charge is 0.332 e. The molecule has 0 unspecified atom stereocenters. The van der Waals surface area contributed by atoms with Crippen molar-refractivity contribution in [2.45, 2.75) is 103 Å². The summed E-state index contributed by atoms with van der Waals surface area (Å²) >= 11 is 10.4. The summed E-state index contributed by atoms with van der Waals surface area (Å²) in [6.45, 7) is -0.543. The number of esters is 4. The van der Waals surface area contributed by atoms with Crippen molar-refractivity contribution < 1.29 is 81.2 Å². The molecule has 0 saturated carbocycles. The molecule has 0 radical (unpaired) electrons. The number of hydrogen-bond acceptors (Lipinski definition) is 15. The zero-order chi connectivity index (χ0) is 41.4. The molecule has 0 aliphatic rings. The third-order valence-electron chi connectivity index (χ3n) is 6.04. The normalized spacial score (nSPS) is 10.2. The maximum absolute atomic E-state index is 11.3. The summed E-state index contributed by atoms with van der Waals surface area (Å²) in [5, 5.41) is 16.2. The number of halogens is 4. The van der Waals surface area contributed by atoms with Gasteiger partial charge in [-0.1, -0.05) is 0 Å². The van der Waals surface area contributed by atoms with Gasteiger partial charge in [0.2, 0.25) is 19.7 Å². The van der Waals surface area contributed by atoms with Crippen LogP contribution in [0.2, 0.25) is 0 Å². The average Bonchev–Trinajstić information content (AvgIpc) is 3.07. The summed E-state index contributed by atoms with van der Waals surface area (Å²) in [6.07, 6.45) is 8.38. The molecule has 0 heterocycles. The van der Waals surface area contributed by atoms with Crippen molar-refractivity contribution in [3.63, 3.8) is 0 Å². The van der Waals surface area contributed by atoms with Crippen molar-refractivity contribution in [3.8, 4) is 0 Å². The quantitative estimate of drug-likeness (QED) is 0.0383. The summed E-state index contributed by atoms with van der Waals surface area (Å²) in [7, 11) is 7.36. The molecule has 17 nitrogen and oxygen atoms in total. The second-order valence-electron chi connectivity index (χ2n) is 10.8. The number of unbranched alkanes of at least 4 members (excludes halogenated alkanes) is 8. The fourth-order valence-electron chi connectivity index (χ4n) is 3.54. The van der Waals surface area contributed by atoms with Gasteiger partial charge >= 0.3 is 35.8 Å². The van der Waals surface area contributed by atoms with E-state index in [1.807, 2.05) is 0 Å². The standard InChI is InChI=1S/C16H24Cl2O7.C16H26O9.Cl2OS/c17-13(19)7-3-1-5-9-24-15(21)11-23-12-16(22)25-10-6-2-4-8-14(18)20;17-13(18)7-3-1-5-9-24-15(21)11-23-12-16(22)25-10-6-2-4-8-14(19)20;1-4(2)3/h1-12H2;1-12H2,(H,17,18)(H,19,20);. The Morgan fingerprint density at radius 3 is 0.833 bits per heavy atom. The van der Waals surface area contributed by atoms with E-state index in [2.05, 4.69) is 21.4 Å². The lowest BCUT2D eigenvalue weighted by Crippen LogP contribution is -2.19. The Bertz CT molecular complexity index is 953. The Morgan fingerprint density at radius 1 is 0.407 bits per heavy atom. The highest BCUT2D eigenvalue weighted by Gasteiger charge is 2.09. The number of rotatable bonds is 32. The second kappa shape index (κ2) is 41.6. The van der Waals surface area contributed by atoms with Gasteiger partial charge in [0.05, 0.1) is 26.4 Å². The molecular formula is C32H50Cl4O17S. The number of carboxylic acid groups (broad SMARTS) is 2. The molecule has 22 heteroatoms. The van der Waals surface area contributed by atoms with Crippen molar-refractivity contribution >= 4 is 100 Å². The zero-order valence-corrected chi connectivity index (χ0v) is 33.7.